The lowest BCUT2D eigenvalue weighted by atomic mass is 9.90. The minimum Gasteiger partial charge on any atom is -0.491 e. The summed E-state index contributed by atoms with van der Waals surface area (Å²) in [6.07, 6.45) is 10.0. The number of rotatable bonds is 13. The molecule has 1 aliphatic rings. The highest BCUT2D eigenvalue weighted by atomic mass is 16.5. The van der Waals surface area contributed by atoms with E-state index in [0.717, 1.165) is 5.75 Å². The summed E-state index contributed by atoms with van der Waals surface area (Å²) < 4.78 is 16.8. The van der Waals surface area contributed by atoms with Crippen LogP contribution in [0.5, 0.6) is 5.75 Å². The van der Waals surface area contributed by atoms with Gasteiger partial charge in [-0.25, -0.2) is 0 Å². The Morgan fingerprint density at radius 3 is 2.67 bits per heavy atom. The summed E-state index contributed by atoms with van der Waals surface area (Å²) in [6, 6.07) is 9.56. The highest BCUT2D eigenvalue weighted by Crippen LogP contribution is 2.35. The van der Waals surface area contributed by atoms with Crippen molar-refractivity contribution in [3.63, 3.8) is 0 Å². The number of carboxylic acids is 1. The van der Waals surface area contributed by atoms with Crippen LogP contribution in [0.3, 0.4) is 0 Å². The Labute approximate surface area is 178 Å². The predicted molar refractivity (Wildman–Crippen MR) is 115 cm³/mol. The number of carbonyl (C=O) groups excluding carboxylic acids is 1. The number of ketones is 1. The number of aliphatic carboxylic acids is 1. The highest BCUT2D eigenvalue weighted by molar-refractivity contribution is 5.84. The number of unbranched alkanes of at least 4 members (excludes halogenated alkanes) is 1. The van der Waals surface area contributed by atoms with Gasteiger partial charge in [-0.1, -0.05) is 42.5 Å². The fourth-order valence-electron chi connectivity index (χ4n) is 3.63. The molecule has 164 valence electrons. The van der Waals surface area contributed by atoms with Crippen molar-refractivity contribution in [1.82, 2.24) is 0 Å². The summed E-state index contributed by atoms with van der Waals surface area (Å²) in [5.41, 5.74) is 0. The zero-order valence-corrected chi connectivity index (χ0v) is 17.7. The third-order valence-electron chi connectivity index (χ3n) is 5.34. The number of hydrogen-bond donors (Lipinski definition) is 1. The number of benzene rings is 1. The van der Waals surface area contributed by atoms with E-state index in [1.165, 1.54) is 0 Å². The van der Waals surface area contributed by atoms with E-state index in [-0.39, 0.29) is 36.2 Å². The summed E-state index contributed by atoms with van der Waals surface area (Å²) in [6.45, 7) is 0.378. The molecule has 0 heterocycles. The summed E-state index contributed by atoms with van der Waals surface area (Å²) in [5, 5.41) is 8.69. The van der Waals surface area contributed by atoms with Crippen LogP contribution in [0.25, 0.3) is 0 Å². The average Bonchev–Trinajstić information content (AvgIpc) is 3.05. The molecule has 0 aliphatic heterocycles. The first-order valence-corrected chi connectivity index (χ1v) is 10.4. The minimum absolute atomic E-state index is 0.0273. The van der Waals surface area contributed by atoms with Gasteiger partial charge in [-0.2, -0.15) is 0 Å². The van der Waals surface area contributed by atoms with Gasteiger partial charge in [0.15, 0.2) is 0 Å². The van der Waals surface area contributed by atoms with Crippen molar-refractivity contribution >= 4 is 11.8 Å². The minimum atomic E-state index is -0.786. The number of hydrogen-bond acceptors (Lipinski definition) is 5. The number of para-hydroxylation sites is 1. The maximum atomic E-state index is 12.5. The summed E-state index contributed by atoms with van der Waals surface area (Å²) in [5.74, 6) is 0.0207. The molecule has 2 rings (SSSR count). The molecule has 6 heteroatoms. The molecular formula is C24H32O6. The second-order valence-electron chi connectivity index (χ2n) is 7.40. The Morgan fingerprint density at radius 2 is 2.00 bits per heavy atom. The van der Waals surface area contributed by atoms with Crippen LogP contribution < -0.4 is 4.74 Å². The van der Waals surface area contributed by atoms with Crippen LogP contribution >= 0.6 is 0 Å². The molecule has 1 aliphatic carbocycles. The van der Waals surface area contributed by atoms with Crippen molar-refractivity contribution in [1.29, 1.82) is 0 Å². The molecule has 0 spiro atoms. The van der Waals surface area contributed by atoms with Crippen molar-refractivity contribution in [3.8, 4) is 5.75 Å². The lowest BCUT2D eigenvalue weighted by molar-refractivity contribution is -0.137. The van der Waals surface area contributed by atoms with Crippen LogP contribution in [0.4, 0.5) is 0 Å². The Bertz CT molecular complexity index is 712. The normalized spacial score (nSPS) is 22.7. The molecule has 0 bridgehead atoms. The van der Waals surface area contributed by atoms with Gasteiger partial charge in [0.05, 0.1) is 6.10 Å². The Hall–Kier alpha value is -2.44. The zero-order valence-electron chi connectivity index (χ0n) is 17.7. The predicted octanol–water partition coefficient (Wildman–Crippen LogP) is 4.06. The van der Waals surface area contributed by atoms with E-state index in [0.29, 0.717) is 32.3 Å². The number of methoxy groups -OCH3 is 2. The van der Waals surface area contributed by atoms with Gasteiger partial charge in [-0.15, -0.1) is 0 Å². The molecule has 0 saturated heterocycles. The Balaban J connectivity index is 1.93. The van der Waals surface area contributed by atoms with E-state index in [1.54, 1.807) is 14.2 Å². The molecular weight excluding hydrogens is 384 g/mol. The second-order valence-corrected chi connectivity index (χ2v) is 7.40. The van der Waals surface area contributed by atoms with E-state index in [9.17, 15) is 9.59 Å². The quantitative estimate of drug-likeness (QED) is 0.386. The van der Waals surface area contributed by atoms with E-state index in [1.807, 2.05) is 54.6 Å². The first-order chi connectivity index (χ1) is 14.5. The van der Waals surface area contributed by atoms with E-state index < -0.39 is 5.97 Å². The number of carbonyl (C=O) groups is 2. The molecule has 1 aromatic rings. The maximum absolute atomic E-state index is 12.5. The first-order valence-electron chi connectivity index (χ1n) is 10.4. The Kier molecular flexibility index (Phi) is 10.3. The smallest absolute Gasteiger partial charge is 0.303 e. The number of carboxylic acid groups (broad SMARTS) is 1. The number of ether oxygens (including phenoxy) is 3. The molecule has 4 atom stereocenters. The molecule has 0 amide bonds. The zero-order chi connectivity index (χ0) is 21.8. The standard InChI is InChI=1S/C24H32O6/c1-28-19(17-30-18-10-6-5-7-11-18)14-15-21-20(22(25)16-23(21)29-2)12-8-3-4-9-13-24(26)27/h3,5-8,10-11,14-15,19-21,23H,4,9,12-13,16-17H2,1-2H3,(H,26,27)/b8-3-,15-14+/t19?,20-,21-,23?/m1/s1. The molecule has 2 unspecified atom stereocenters. The lowest BCUT2D eigenvalue weighted by Crippen LogP contribution is -2.22. The molecule has 30 heavy (non-hydrogen) atoms. The average molecular weight is 417 g/mol. The summed E-state index contributed by atoms with van der Waals surface area (Å²) in [4.78, 5) is 23.1. The van der Waals surface area contributed by atoms with Gasteiger partial charge in [0, 0.05) is 38.9 Å². The van der Waals surface area contributed by atoms with Crippen molar-refractivity contribution in [2.24, 2.45) is 11.8 Å². The van der Waals surface area contributed by atoms with Crippen molar-refractivity contribution in [2.75, 3.05) is 20.8 Å². The maximum Gasteiger partial charge on any atom is 0.303 e. The van der Waals surface area contributed by atoms with Crippen LogP contribution in [-0.2, 0) is 19.1 Å². The van der Waals surface area contributed by atoms with Gasteiger partial charge >= 0.3 is 5.97 Å². The summed E-state index contributed by atoms with van der Waals surface area (Å²) in [7, 11) is 3.27. The lowest BCUT2D eigenvalue weighted by Gasteiger charge is -2.20. The van der Waals surface area contributed by atoms with Crippen LogP contribution in [0, 0.1) is 11.8 Å². The van der Waals surface area contributed by atoms with Gasteiger partial charge in [-0.3, -0.25) is 9.59 Å². The highest BCUT2D eigenvalue weighted by Gasteiger charge is 2.40. The van der Waals surface area contributed by atoms with Crippen molar-refractivity contribution in [3.05, 3.63) is 54.6 Å². The van der Waals surface area contributed by atoms with Gasteiger partial charge in [0.1, 0.15) is 24.2 Å². The van der Waals surface area contributed by atoms with Gasteiger partial charge in [0.25, 0.3) is 0 Å². The molecule has 1 fully saturated rings. The van der Waals surface area contributed by atoms with Crippen LogP contribution in [0.1, 0.15) is 32.1 Å². The topological polar surface area (TPSA) is 82.1 Å². The van der Waals surface area contributed by atoms with Crippen molar-refractivity contribution in [2.45, 2.75) is 44.3 Å². The van der Waals surface area contributed by atoms with Crippen LogP contribution in [-0.4, -0.2) is 49.9 Å². The fraction of sp³-hybridized carbons (Fsp3) is 0.500. The van der Waals surface area contributed by atoms with Crippen LogP contribution in [0.2, 0.25) is 0 Å². The van der Waals surface area contributed by atoms with E-state index in [2.05, 4.69) is 0 Å². The SMILES string of the molecule is COC(/C=C/[C@H]1C(OC)CC(=O)[C@@H]1C/C=C\CCCC(=O)O)COc1ccccc1. The Morgan fingerprint density at radius 1 is 1.23 bits per heavy atom. The first kappa shape index (κ1) is 23.8. The largest absolute Gasteiger partial charge is 0.491 e. The third kappa shape index (κ3) is 7.76. The number of Topliss-reactive ketones (excluding diaryl/α,β-unsaturated/α-hetero) is 1. The second kappa shape index (κ2) is 13.0. The fourth-order valence-corrected chi connectivity index (χ4v) is 3.63. The van der Waals surface area contributed by atoms with Gasteiger partial charge in [-0.05, 0) is 31.4 Å². The summed E-state index contributed by atoms with van der Waals surface area (Å²) >= 11 is 0. The molecule has 1 aromatic carbocycles. The molecule has 0 radical (unpaired) electrons. The molecule has 0 aromatic heterocycles. The van der Waals surface area contributed by atoms with Crippen molar-refractivity contribution < 1.29 is 28.9 Å². The molecule has 1 saturated carbocycles. The van der Waals surface area contributed by atoms with E-state index in [4.69, 9.17) is 19.3 Å². The number of allylic oxidation sites excluding steroid dienone is 2. The van der Waals surface area contributed by atoms with Crippen LogP contribution in [0.15, 0.2) is 54.6 Å². The van der Waals surface area contributed by atoms with Gasteiger partial charge < -0.3 is 19.3 Å². The molecule has 6 nitrogen and oxygen atoms in total. The van der Waals surface area contributed by atoms with Gasteiger partial charge in [0.2, 0.25) is 0 Å². The monoisotopic (exact) mass is 416 g/mol. The molecule has 1 N–H and O–H groups in total. The third-order valence-corrected chi connectivity index (χ3v) is 5.34. The van der Waals surface area contributed by atoms with E-state index >= 15 is 0 Å².